The molecule has 4 heteroatoms. The summed E-state index contributed by atoms with van der Waals surface area (Å²) in [6, 6.07) is 4.03. The highest BCUT2D eigenvalue weighted by Crippen LogP contribution is 2.30. The maximum absolute atomic E-state index is 12.5. The zero-order chi connectivity index (χ0) is 13.7. The van der Waals surface area contributed by atoms with Crippen molar-refractivity contribution < 1.29 is 9.53 Å². The molecule has 0 amide bonds. The molecule has 2 rings (SSSR count). The number of thiophene rings is 1. The first-order valence-corrected chi connectivity index (χ1v) is 8.70. The Morgan fingerprint density at radius 2 is 2.16 bits per heavy atom. The van der Waals surface area contributed by atoms with Crippen LogP contribution >= 0.6 is 27.3 Å². The van der Waals surface area contributed by atoms with Gasteiger partial charge in [0.2, 0.25) is 0 Å². The molecule has 1 atom stereocenters. The smallest absolute Gasteiger partial charge is 0.167 e. The molecule has 0 bridgehead atoms. The molecule has 0 aromatic carbocycles. The predicted octanol–water partition coefficient (Wildman–Crippen LogP) is 4.61. The van der Waals surface area contributed by atoms with Gasteiger partial charge in [-0.2, -0.15) is 0 Å². The second-order valence-corrected chi connectivity index (χ2v) is 7.67. The molecule has 1 aliphatic carbocycles. The van der Waals surface area contributed by atoms with Crippen molar-refractivity contribution in [1.82, 2.24) is 0 Å². The van der Waals surface area contributed by atoms with Gasteiger partial charge in [-0.25, -0.2) is 0 Å². The highest BCUT2D eigenvalue weighted by molar-refractivity contribution is 9.11. The number of ether oxygens (including phenoxy) is 1. The zero-order valence-corrected chi connectivity index (χ0v) is 13.8. The van der Waals surface area contributed by atoms with E-state index in [1.165, 1.54) is 19.3 Å². The number of carbonyl (C=O) groups is 1. The Morgan fingerprint density at radius 1 is 1.42 bits per heavy atom. The van der Waals surface area contributed by atoms with Crippen LogP contribution in [0.3, 0.4) is 0 Å². The lowest BCUT2D eigenvalue weighted by molar-refractivity contribution is -0.134. The van der Waals surface area contributed by atoms with Gasteiger partial charge in [0.05, 0.1) is 3.79 Å². The van der Waals surface area contributed by atoms with Gasteiger partial charge in [0.1, 0.15) is 6.10 Å². The summed E-state index contributed by atoms with van der Waals surface area (Å²) in [5.74, 6) is 0.688. The molecule has 2 nitrogen and oxygen atoms in total. The van der Waals surface area contributed by atoms with Crippen LogP contribution in [0.4, 0.5) is 0 Å². The quantitative estimate of drug-likeness (QED) is 0.753. The van der Waals surface area contributed by atoms with Crippen molar-refractivity contribution in [3.63, 3.8) is 0 Å². The molecule has 0 saturated heterocycles. The lowest BCUT2D eigenvalue weighted by Gasteiger charge is -2.29. The van der Waals surface area contributed by atoms with Crippen molar-refractivity contribution in [3.05, 3.63) is 20.8 Å². The van der Waals surface area contributed by atoms with Gasteiger partial charge in [0, 0.05) is 17.9 Å². The summed E-state index contributed by atoms with van der Waals surface area (Å²) < 4.78 is 6.85. The summed E-state index contributed by atoms with van der Waals surface area (Å²) in [7, 11) is 0. The van der Waals surface area contributed by atoms with E-state index in [1.54, 1.807) is 11.3 Å². The molecule has 0 aliphatic heterocycles. The largest absolute Gasteiger partial charge is 0.370 e. The molecule has 0 spiro atoms. The third-order valence-corrected chi connectivity index (χ3v) is 5.34. The van der Waals surface area contributed by atoms with E-state index >= 15 is 0 Å². The maximum atomic E-state index is 12.5. The summed E-state index contributed by atoms with van der Waals surface area (Å²) in [6.07, 6.45) is 6.40. The summed E-state index contributed by atoms with van der Waals surface area (Å²) in [5, 5.41) is 0. The molecular formula is C15H21BrO2S. The average Bonchev–Trinajstić information content (AvgIpc) is 2.82. The molecule has 1 saturated carbocycles. The topological polar surface area (TPSA) is 26.3 Å². The van der Waals surface area contributed by atoms with Crippen molar-refractivity contribution in [1.29, 1.82) is 0 Å². The second-order valence-electron chi connectivity index (χ2n) is 5.12. The van der Waals surface area contributed by atoms with Crippen molar-refractivity contribution in [2.45, 2.75) is 51.6 Å². The highest BCUT2D eigenvalue weighted by Gasteiger charge is 2.29. The minimum atomic E-state index is -0.189. The van der Waals surface area contributed by atoms with E-state index in [1.807, 2.05) is 19.1 Å². The van der Waals surface area contributed by atoms with Crippen molar-refractivity contribution in [2.24, 2.45) is 5.92 Å². The van der Waals surface area contributed by atoms with Gasteiger partial charge in [-0.05, 0) is 53.7 Å². The van der Waals surface area contributed by atoms with Crippen LogP contribution in [-0.4, -0.2) is 18.5 Å². The van der Waals surface area contributed by atoms with E-state index in [4.69, 9.17) is 4.74 Å². The Bertz CT molecular complexity index is 410. The van der Waals surface area contributed by atoms with Gasteiger partial charge in [0.15, 0.2) is 5.78 Å². The Hall–Kier alpha value is -0.190. The molecular weight excluding hydrogens is 324 g/mol. The van der Waals surface area contributed by atoms with Crippen molar-refractivity contribution >= 4 is 33.0 Å². The second kappa shape index (κ2) is 7.55. The van der Waals surface area contributed by atoms with E-state index in [0.29, 0.717) is 18.9 Å². The van der Waals surface area contributed by atoms with Crippen LogP contribution in [-0.2, 0) is 16.0 Å². The van der Waals surface area contributed by atoms with Gasteiger partial charge in [-0.15, -0.1) is 11.3 Å². The SMILES string of the molecule is CCOC(C(=O)Cc1ccc(Br)s1)C1CCCCC1. The number of ketones is 1. The normalized spacial score (nSPS) is 18.4. The number of rotatable bonds is 6. The molecule has 1 aromatic rings. The third-order valence-electron chi connectivity index (χ3n) is 3.72. The van der Waals surface area contributed by atoms with Crippen LogP contribution < -0.4 is 0 Å². The summed E-state index contributed by atoms with van der Waals surface area (Å²) in [4.78, 5) is 13.6. The van der Waals surface area contributed by atoms with E-state index in [9.17, 15) is 4.79 Å². The molecule has 0 N–H and O–H groups in total. The Morgan fingerprint density at radius 3 is 2.74 bits per heavy atom. The summed E-state index contributed by atoms with van der Waals surface area (Å²) >= 11 is 5.08. The third kappa shape index (κ3) is 4.40. The minimum Gasteiger partial charge on any atom is -0.370 e. The van der Waals surface area contributed by atoms with Crippen LogP contribution in [0.25, 0.3) is 0 Å². The fourth-order valence-electron chi connectivity index (χ4n) is 2.83. The Balaban J connectivity index is 1.98. The Kier molecular flexibility index (Phi) is 6.05. The first-order chi connectivity index (χ1) is 9.20. The van der Waals surface area contributed by atoms with Crippen LogP contribution in [0.15, 0.2) is 15.9 Å². The molecule has 1 heterocycles. The van der Waals surface area contributed by atoms with Gasteiger partial charge in [-0.3, -0.25) is 4.79 Å². The van der Waals surface area contributed by atoms with Crippen LogP contribution in [0.5, 0.6) is 0 Å². The molecule has 19 heavy (non-hydrogen) atoms. The van der Waals surface area contributed by atoms with Crippen LogP contribution in [0.2, 0.25) is 0 Å². The van der Waals surface area contributed by atoms with Crippen LogP contribution in [0, 0.1) is 5.92 Å². The van der Waals surface area contributed by atoms with Crippen LogP contribution in [0.1, 0.15) is 43.9 Å². The number of halogens is 1. The lowest BCUT2D eigenvalue weighted by Crippen LogP contribution is -2.35. The van der Waals surface area contributed by atoms with Gasteiger partial charge in [-0.1, -0.05) is 19.3 Å². The Labute approximate surface area is 127 Å². The fraction of sp³-hybridized carbons (Fsp3) is 0.667. The molecule has 1 aromatic heterocycles. The van der Waals surface area contributed by atoms with Crippen molar-refractivity contribution in [3.8, 4) is 0 Å². The molecule has 0 radical (unpaired) electrons. The predicted molar refractivity (Wildman–Crippen MR) is 82.7 cm³/mol. The first-order valence-electron chi connectivity index (χ1n) is 7.09. The number of carbonyl (C=O) groups excluding carboxylic acids is 1. The number of hydrogen-bond acceptors (Lipinski definition) is 3. The monoisotopic (exact) mass is 344 g/mol. The van der Waals surface area contributed by atoms with Gasteiger partial charge < -0.3 is 4.74 Å². The molecule has 1 aliphatic rings. The first kappa shape index (κ1) is 15.2. The summed E-state index contributed by atoms with van der Waals surface area (Å²) in [5.41, 5.74) is 0. The van der Waals surface area contributed by atoms with E-state index in [0.717, 1.165) is 21.5 Å². The lowest BCUT2D eigenvalue weighted by atomic mass is 9.83. The average molecular weight is 345 g/mol. The number of Topliss-reactive ketones (excluding diaryl/α,β-unsaturated/α-hetero) is 1. The van der Waals surface area contributed by atoms with Crippen molar-refractivity contribution in [2.75, 3.05) is 6.61 Å². The van der Waals surface area contributed by atoms with Gasteiger partial charge >= 0.3 is 0 Å². The maximum Gasteiger partial charge on any atom is 0.167 e. The van der Waals surface area contributed by atoms with E-state index < -0.39 is 0 Å². The number of hydrogen-bond donors (Lipinski definition) is 0. The standard InChI is InChI=1S/C15H21BrO2S/c1-2-18-15(11-6-4-3-5-7-11)13(17)10-12-8-9-14(16)19-12/h8-9,11,15H,2-7,10H2,1H3. The fourth-order valence-corrected chi connectivity index (χ4v) is 4.32. The minimum absolute atomic E-state index is 0.189. The molecule has 1 unspecified atom stereocenters. The zero-order valence-electron chi connectivity index (χ0n) is 11.4. The molecule has 1 fully saturated rings. The van der Waals surface area contributed by atoms with Gasteiger partial charge in [0.25, 0.3) is 0 Å². The van der Waals surface area contributed by atoms with E-state index in [-0.39, 0.29) is 11.9 Å². The summed E-state index contributed by atoms with van der Waals surface area (Å²) in [6.45, 7) is 2.60. The van der Waals surface area contributed by atoms with E-state index in [2.05, 4.69) is 15.9 Å². The highest BCUT2D eigenvalue weighted by atomic mass is 79.9. The molecule has 106 valence electrons.